The molecule has 4 nitrogen and oxygen atoms in total. The Hall–Kier alpha value is -1.88. The summed E-state index contributed by atoms with van der Waals surface area (Å²) < 4.78 is 0. The van der Waals surface area contributed by atoms with Crippen molar-refractivity contribution in [1.82, 2.24) is 5.32 Å². The van der Waals surface area contributed by atoms with E-state index in [1.165, 1.54) is 11.8 Å². The van der Waals surface area contributed by atoms with Crippen LogP contribution in [0.3, 0.4) is 0 Å². The Balaban J connectivity index is 2.12. The number of amidine groups is 1. The molecular formula is C14H15N3OS. The van der Waals surface area contributed by atoms with Gasteiger partial charge in [0.15, 0.2) is 5.17 Å². The topological polar surface area (TPSA) is 53.8 Å². The number of hydrogen-bond acceptors (Lipinski definition) is 4. The van der Waals surface area contributed by atoms with Crippen LogP contribution in [0.5, 0.6) is 0 Å². The Bertz CT molecular complexity index is 573. The summed E-state index contributed by atoms with van der Waals surface area (Å²) in [7, 11) is 0. The first kappa shape index (κ1) is 13.5. The molecule has 0 radical (unpaired) electrons. The van der Waals surface area contributed by atoms with Gasteiger partial charge in [-0.25, -0.2) is 0 Å². The van der Waals surface area contributed by atoms with Gasteiger partial charge in [-0.05, 0) is 25.0 Å². The number of nitrogens with one attached hydrogen (secondary N) is 1. The summed E-state index contributed by atoms with van der Waals surface area (Å²) in [6.07, 6.45) is 0. The van der Waals surface area contributed by atoms with Gasteiger partial charge in [0, 0.05) is 0 Å². The van der Waals surface area contributed by atoms with Crippen LogP contribution in [-0.4, -0.2) is 22.5 Å². The summed E-state index contributed by atoms with van der Waals surface area (Å²) in [5.74, 6) is 0.392. The number of benzene rings is 1. The minimum Gasteiger partial charge on any atom is -0.303 e. The summed E-state index contributed by atoms with van der Waals surface area (Å²) in [5.41, 5.74) is 3.96. The zero-order chi connectivity index (χ0) is 13.8. The summed E-state index contributed by atoms with van der Waals surface area (Å²) in [6.45, 7) is 7.76. The zero-order valence-corrected chi connectivity index (χ0v) is 11.8. The van der Waals surface area contributed by atoms with E-state index in [2.05, 4.69) is 22.1 Å². The van der Waals surface area contributed by atoms with Crippen LogP contribution < -0.4 is 5.32 Å². The third kappa shape index (κ3) is 3.54. The maximum atomic E-state index is 11.0. The van der Waals surface area contributed by atoms with Crippen molar-refractivity contribution in [3.63, 3.8) is 0 Å². The van der Waals surface area contributed by atoms with E-state index in [1.54, 1.807) is 0 Å². The monoisotopic (exact) mass is 273 g/mol. The smallest absolute Gasteiger partial charge is 0.236 e. The second-order valence-electron chi connectivity index (χ2n) is 4.29. The number of rotatable bonds is 3. The standard InChI is InChI=1S/C14H15N3OS/c1-9(2)11-4-6-12(7-5-11)10(3)16-17-14-15-13(18)8-19-14/h4-7H,1,8H2,2-3H3,(H,15,17,18)/b16-10-. The molecule has 0 atom stereocenters. The lowest BCUT2D eigenvalue weighted by atomic mass is 10.0. The highest BCUT2D eigenvalue weighted by Crippen LogP contribution is 2.13. The van der Waals surface area contributed by atoms with E-state index in [1.807, 2.05) is 38.1 Å². The molecule has 19 heavy (non-hydrogen) atoms. The highest BCUT2D eigenvalue weighted by molar-refractivity contribution is 8.15. The quantitative estimate of drug-likeness (QED) is 0.680. The normalized spacial score (nSPS) is 17.7. The van der Waals surface area contributed by atoms with E-state index in [4.69, 9.17) is 0 Å². The number of hydrogen-bond donors (Lipinski definition) is 1. The average molecular weight is 273 g/mol. The van der Waals surface area contributed by atoms with E-state index in [0.29, 0.717) is 10.9 Å². The molecule has 1 aliphatic heterocycles. The molecule has 1 aromatic carbocycles. The lowest BCUT2D eigenvalue weighted by molar-refractivity contribution is -0.116. The molecule has 1 amide bonds. The first-order chi connectivity index (χ1) is 9.06. The van der Waals surface area contributed by atoms with E-state index in [0.717, 1.165) is 22.4 Å². The predicted molar refractivity (Wildman–Crippen MR) is 81.4 cm³/mol. The molecule has 1 heterocycles. The highest BCUT2D eigenvalue weighted by atomic mass is 32.2. The fraction of sp³-hybridized carbons (Fsp3) is 0.214. The molecule has 1 fully saturated rings. The molecule has 2 rings (SSSR count). The molecular weight excluding hydrogens is 258 g/mol. The van der Waals surface area contributed by atoms with Crippen LogP contribution in [0.25, 0.3) is 5.57 Å². The van der Waals surface area contributed by atoms with Gasteiger partial charge in [-0.1, -0.05) is 48.2 Å². The van der Waals surface area contributed by atoms with E-state index < -0.39 is 0 Å². The number of thioether (sulfide) groups is 1. The molecule has 1 aromatic rings. The van der Waals surface area contributed by atoms with Crippen molar-refractivity contribution in [2.75, 3.05) is 5.75 Å². The van der Waals surface area contributed by atoms with Crippen molar-refractivity contribution < 1.29 is 4.79 Å². The highest BCUT2D eigenvalue weighted by Gasteiger charge is 2.16. The molecule has 1 saturated heterocycles. The Morgan fingerprint density at radius 1 is 1.26 bits per heavy atom. The van der Waals surface area contributed by atoms with Gasteiger partial charge in [0.05, 0.1) is 11.5 Å². The molecule has 98 valence electrons. The van der Waals surface area contributed by atoms with E-state index >= 15 is 0 Å². The van der Waals surface area contributed by atoms with Crippen LogP contribution in [0, 0.1) is 0 Å². The zero-order valence-electron chi connectivity index (χ0n) is 10.9. The number of allylic oxidation sites excluding steroid dienone is 1. The minimum absolute atomic E-state index is 0.0255. The summed E-state index contributed by atoms with van der Waals surface area (Å²) >= 11 is 1.36. The van der Waals surface area contributed by atoms with Gasteiger partial charge < -0.3 is 5.32 Å². The maximum absolute atomic E-state index is 11.0. The van der Waals surface area contributed by atoms with Crippen LogP contribution in [0.1, 0.15) is 25.0 Å². The molecule has 0 spiro atoms. The summed E-state index contributed by atoms with van der Waals surface area (Å²) in [4.78, 5) is 11.0. The number of carbonyl (C=O) groups is 1. The fourth-order valence-electron chi connectivity index (χ4n) is 1.55. The van der Waals surface area contributed by atoms with Crippen molar-refractivity contribution in [3.05, 3.63) is 42.0 Å². The van der Waals surface area contributed by atoms with Gasteiger partial charge in [-0.15, -0.1) is 5.10 Å². The van der Waals surface area contributed by atoms with Crippen LogP contribution >= 0.6 is 11.8 Å². The van der Waals surface area contributed by atoms with Crippen LogP contribution in [0.4, 0.5) is 0 Å². The summed E-state index contributed by atoms with van der Waals surface area (Å²) in [5, 5.41) is 11.4. The maximum Gasteiger partial charge on any atom is 0.236 e. The van der Waals surface area contributed by atoms with Crippen molar-refractivity contribution in [2.24, 2.45) is 10.2 Å². The van der Waals surface area contributed by atoms with Crippen LogP contribution in [0.2, 0.25) is 0 Å². The molecule has 1 N–H and O–H groups in total. The first-order valence-corrected chi connectivity index (χ1v) is 6.86. The van der Waals surface area contributed by atoms with Crippen molar-refractivity contribution in [1.29, 1.82) is 0 Å². The Kier molecular flexibility index (Phi) is 4.16. The lowest BCUT2D eigenvalue weighted by Gasteiger charge is -2.02. The van der Waals surface area contributed by atoms with Crippen molar-refractivity contribution in [2.45, 2.75) is 13.8 Å². The third-order valence-electron chi connectivity index (χ3n) is 2.67. The van der Waals surface area contributed by atoms with E-state index in [-0.39, 0.29) is 5.91 Å². The van der Waals surface area contributed by atoms with Gasteiger partial charge in [0.25, 0.3) is 0 Å². The summed E-state index contributed by atoms with van der Waals surface area (Å²) in [6, 6.07) is 8.00. The average Bonchev–Trinajstić information content (AvgIpc) is 2.82. The number of amides is 1. The third-order valence-corrected chi connectivity index (χ3v) is 3.54. The molecule has 5 heteroatoms. The van der Waals surface area contributed by atoms with Gasteiger partial charge >= 0.3 is 0 Å². The van der Waals surface area contributed by atoms with Crippen molar-refractivity contribution >= 4 is 34.1 Å². The molecule has 0 bridgehead atoms. The second kappa shape index (κ2) is 5.84. The largest absolute Gasteiger partial charge is 0.303 e. The molecule has 1 aliphatic rings. The Morgan fingerprint density at radius 3 is 2.42 bits per heavy atom. The molecule has 0 unspecified atom stereocenters. The Morgan fingerprint density at radius 2 is 1.89 bits per heavy atom. The first-order valence-electron chi connectivity index (χ1n) is 5.87. The predicted octanol–water partition coefficient (Wildman–Crippen LogP) is 2.66. The van der Waals surface area contributed by atoms with Crippen molar-refractivity contribution in [3.8, 4) is 0 Å². The van der Waals surface area contributed by atoms with E-state index in [9.17, 15) is 4.79 Å². The van der Waals surface area contributed by atoms with Crippen LogP contribution in [-0.2, 0) is 4.79 Å². The number of nitrogens with zero attached hydrogens (tertiary/aromatic N) is 2. The van der Waals surface area contributed by atoms with Gasteiger partial charge in [0.2, 0.25) is 5.91 Å². The molecule has 0 saturated carbocycles. The SMILES string of the molecule is C=C(C)c1ccc(/C(C)=N\N=C2/NC(=O)CS2)cc1. The molecule has 0 aliphatic carbocycles. The fourth-order valence-corrected chi connectivity index (χ4v) is 2.18. The van der Waals surface area contributed by atoms with Gasteiger partial charge in [-0.2, -0.15) is 5.10 Å². The van der Waals surface area contributed by atoms with Gasteiger partial charge in [-0.3, -0.25) is 4.79 Å². The molecule has 0 aromatic heterocycles. The minimum atomic E-state index is -0.0255. The lowest BCUT2D eigenvalue weighted by Crippen LogP contribution is -2.19. The Labute approximate surface area is 116 Å². The van der Waals surface area contributed by atoms with Crippen LogP contribution in [0.15, 0.2) is 41.0 Å². The second-order valence-corrected chi connectivity index (χ2v) is 5.25. The van der Waals surface area contributed by atoms with Gasteiger partial charge in [0.1, 0.15) is 0 Å². The number of carbonyl (C=O) groups excluding carboxylic acids is 1.